The highest BCUT2D eigenvalue weighted by Crippen LogP contribution is 2.37. The number of thiazole rings is 1. The molecule has 9 heteroatoms. The highest BCUT2D eigenvalue weighted by molar-refractivity contribution is 7.89. The van der Waals surface area contributed by atoms with Gasteiger partial charge in [-0.3, -0.25) is 0 Å². The van der Waals surface area contributed by atoms with E-state index in [1.54, 1.807) is 35.8 Å². The van der Waals surface area contributed by atoms with Gasteiger partial charge in [-0.2, -0.15) is 4.31 Å². The lowest BCUT2D eigenvalue weighted by Gasteiger charge is -2.24. The number of nitrogens with one attached hydrogen (secondary N) is 1. The number of aryl methyl sites for hydroxylation is 1. The van der Waals surface area contributed by atoms with Gasteiger partial charge in [-0.25, -0.2) is 18.4 Å². The largest absolute Gasteiger partial charge is 0.496 e. The van der Waals surface area contributed by atoms with E-state index in [-0.39, 0.29) is 10.9 Å². The summed E-state index contributed by atoms with van der Waals surface area (Å²) in [6.45, 7) is 2.32. The second-order valence-corrected chi connectivity index (χ2v) is 9.60. The first kappa shape index (κ1) is 19.8. The van der Waals surface area contributed by atoms with E-state index in [0.29, 0.717) is 18.1 Å². The van der Waals surface area contributed by atoms with Crippen molar-refractivity contribution in [2.45, 2.75) is 30.7 Å². The number of pyridine rings is 1. The average molecular weight is 431 g/mol. The molecule has 0 spiro atoms. The minimum atomic E-state index is -3.64. The van der Waals surface area contributed by atoms with Crippen LogP contribution < -0.4 is 10.1 Å². The van der Waals surface area contributed by atoms with E-state index >= 15 is 0 Å². The van der Waals surface area contributed by atoms with Crippen molar-refractivity contribution in [3.8, 4) is 5.75 Å². The Morgan fingerprint density at radius 3 is 2.86 bits per heavy atom. The van der Waals surface area contributed by atoms with Crippen LogP contribution >= 0.6 is 11.3 Å². The number of hydrogen-bond donors (Lipinski definition) is 1. The summed E-state index contributed by atoms with van der Waals surface area (Å²) in [6.07, 6.45) is 3.26. The van der Waals surface area contributed by atoms with Crippen LogP contribution in [0.15, 0.2) is 52.9 Å². The predicted octanol–water partition coefficient (Wildman–Crippen LogP) is 4.12. The van der Waals surface area contributed by atoms with Crippen LogP contribution in [0, 0.1) is 6.92 Å². The number of anilines is 2. The molecule has 1 aliphatic rings. The lowest BCUT2D eigenvalue weighted by molar-refractivity contribution is 0.390. The molecule has 1 fully saturated rings. The summed E-state index contributed by atoms with van der Waals surface area (Å²) in [4.78, 5) is 9.14. The van der Waals surface area contributed by atoms with Crippen LogP contribution in [0.3, 0.4) is 0 Å². The third kappa shape index (κ3) is 3.98. The standard InChI is InChI=1S/C20H22N4O3S2/c1-14-13-15(8-9-18(14)27-2)29(25,26)24-11-4-6-17(24)16-5-3-7-19(22-16)23-20-21-10-12-28-20/h3,5,7-10,12-13,17H,4,6,11H2,1-2H3,(H,21,22,23)/t17-/m0/s1. The van der Waals surface area contributed by atoms with Crippen molar-refractivity contribution in [2.24, 2.45) is 0 Å². The molecule has 0 amide bonds. The Hall–Kier alpha value is -2.49. The quantitative estimate of drug-likeness (QED) is 0.633. The van der Waals surface area contributed by atoms with Gasteiger partial charge in [-0.1, -0.05) is 6.07 Å². The third-order valence-electron chi connectivity index (χ3n) is 4.96. The minimum Gasteiger partial charge on any atom is -0.496 e. The normalized spacial score (nSPS) is 17.4. The first-order chi connectivity index (χ1) is 14.0. The smallest absolute Gasteiger partial charge is 0.243 e. The Labute approximate surface area is 174 Å². The fraction of sp³-hybridized carbons (Fsp3) is 0.300. The summed E-state index contributed by atoms with van der Waals surface area (Å²) in [5, 5.41) is 5.80. The van der Waals surface area contributed by atoms with Gasteiger partial charge in [-0.05, 0) is 55.7 Å². The molecular formula is C20H22N4O3S2. The number of ether oxygens (including phenoxy) is 1. The SMILES string of the molecule is COc1ccc(S(=O)(=O)N2CCC[C@H]2c2cccc(Nc3nccs3)n2)cc1C. The van der Waals surface area contributed by atoms with Crippen LogP contribution in [0.25, 0.3) is 0 Å². The first-order valence-electron chi connectivity index (χ1n) is 9.29. The van der Waals surface area contributed by atoms with E-state index in [4.69, 9.17) is 4.74 Å². The summed E-state index contributed by atoms with van der Waals surface area (Å²) in [5.41, 5.74) is 1.52. The Kier molecular flexibility index (Phi) is 5.53. The maximum Gasteiger partial charge on any atom is 0.243 e. The number of benzene rings is 1. The number of hydrogen-bond acceptors (Lipinski definition) is 7. The van der Waals surface area contributed by atoms with Crippen LogP contribution in [-0.2, 0) is 10.0 Å². The summed E-state index contributed by atoms with van der Waals surface area (Å²) in [6, 6.07) is 10.3. The van der Waals surface area contributed by atoms with Crippen LogP contribution in [0.5, 0.6) is 5.75 Å². The summed E-state index contributed by atoms with van der Waals surface area (Å²) >= 11 is 1.48. The zero-order chi connectivity index (χ0) is 20.4. The fourth-order valence-electron chi connectivity index (χ4n) is 3.57. The van der Waals surface area contributed by atoms with Crippen molar-refractivity contribution >= 4 is 32.3 Å². The summed E-state index contributed by atoms with van der Waals surface area (Å²) in [7, 11) is -2.06. The Morgan fingerprint density at radius 2 is 2.14 bits per heavy atom. The van der Waals surface area contributed by atoms with Gasteiger partial charge >= 0.3 is 0 Å². The molecule has 2 aromatic heterocycles. The highest BCUT2D eigenvalue weighted by Gasteiger charge is 2.37. The van der Waals surface area contributed by atoms with Gasteiger partial charge in [-0.15, -0.1) is 11.3 Å². The Morgan fingerprint density at radius 1 is 1.28 bits per heavy atom. The average Bonchev–Trinajstić information content (AvgIpc) is 3.40. The van der Waals surface area contributed by atoms with Gasteiger partial charge in [0.1, 0.15) is 11.6 Å². The molecule has 0 radical (unpaired) electrons. The highest BCUT2D eigenvalue weighted by atomic mass is 32.2. The monoisotopic (exact) mass is 430 g/mol. The molecule has 29 heavy (non-hydrogen) atoms. The molecule has 152 valence electrons. The van der Waals surface area contributed by atoms with E-state index < -0.39 is 10.0 Å². The first-order valence-corrected chi connectivity index (χ1v) is 11.6. The number of nitrogens with zero attached hydrogens (tertiary/aromatic N) is 3. The molecule has 1 aliphatic heterocycles. The zero-order valence-electron chi connectivity index (χ0n) is 16.2. The molecule has 0 saturated carbocycles. The summed E-state index contributed by atoms with van der Waals surface area (Å²) in [5.74, 6) is 1.33. The van der Waals surface area contributed by atoms with Gasteiger partial charge in [0.15, 0.2) is 5.13 Å². The van der Waals surface area contributed by atoms with Crippen LogP contribution in [0.2, 0.25) is 0 Å². The summed E-state index contributed by atoms with van der Waals surface area (Å²) < 4.78 is 33.5. The Bertz CT molecular complexity index is 1100. The van der Waals surface area contributed by atoms with Crippen molar-refractivity contribution in [2.75, 3.05) is 19.0 Å². The molecule has 0 unspecified atom stereocenters. The molecule has 3 aromatic rings. The van der Waals surface area contributed by atoms with E-state index in [2.05, 4.69) is 15.3 Å². The van der Waals surface area contributed by atoms with Crippen molar-refractivity contribution < 1.29 is 13.2 Å². The molecule has 1 atom stereocenters. The van der Waals surface area contributed by atoms with Gasteiger partial charge in [0.2, 0.25) is 10.0 Å². The second kappa shape index (κ2) is 8.10. The third-order valence-corrected chi connectivity index (χ3v) is 7.55. The lowest BCUT2D eigenvalue weighted by Crippen LogP contribution is -2.31. The lowest BCUT2D eigenvalue weighted by atomic mass is 10.1. The number of aromatic nitrogens is 2. The molecule has 1 saturated heterocycles. The second-order valence-electron chi connectivity index (χ2n) is 6.82. The minimum absolute atomic E-state index is 0.278. The van der Waals surface area contributed by atoms with Gasteiger partial charge in [0, 0.05) is 18.1 Å². The maximum atomic E-state index is 13.3. The van der Waals surface area contributed by atoms with E-state index in [1.165, 1.54) is 11.3 Å². The molecule has 0 aliphatic carbocycles. The maximum absolute atomic E-state index is 13.3. The van der Waals surface area contributed by atoms with Gasteiger partial charge in [0.25, 0.3) is 0 Å². The van der Waals surface area contributed by atoms with Crippen LogP contribution in [0.4, 0.5) is 10.9 Å². The molecule has 3 heterocycles. The molecule has 1 N–H and O–H groups in total. The van der Waals surface area contributed by atoms with Crippen molar-refractivity contribution in [3.05, 3.63) is 59.2 Å². The van der Waals surface area contributed by atoms with E-state index in [1.807, 2.05) is 30.5 Å². The molecular weight excluding hydrogens is 408 g/mol. The molecule has 0 bridgehead atoms. The predicted molar refractivity (Wildman–Crippen MR) is 113 cm³/mol. The van der Waals surface area contributed by atoms with Crippen LogP contribution in [0.1, 0.15) is 30.1 Å². The van der Waals surface area contributed by atoms with Gasteiger partial charge < -0.3 is 10.1 Å². The number of sulfonamides is 1. The molecule has 1 aromatic carbocycles. The van der Waals surface area contributed by atoms with E-state index in [0.717, 1.165) is 29.2 Å². The van der Waals surface area contributed by atoms with Crippen LogP contribution in [-0.4, -0.2) is 36.3 Å². The number of rotatable bonds is 6. The Balaban J connectivity index is 1.63. The van der Waals surface area contributed by atoms with Gasteiger partial charge in [0.05, 0.1) is 23.7 Å². The van der Waals surface area contributed by atoms with E-state index in [9.17, 15) is 8.42 Å². The van der Waals surface area contributed by atoms with Crippen molar-refractivity contribution in [3.63, 3.8) is 0 Å². The van der Waals surface area contributed by atoms with Crippen molar-refractivity contribution in [1.29, 1.82) is 0 Å². The number of methoxy groups -OCH3 is 1. The molecule has 4 rings (SSSR count). The fourth-order valence-corrected chi connectivity index (χ4v) is 5.86. The van der Waals surface area contributed by atoms with Crippen molar-refractivity contribution in [1.82, 2.24) is 14.3 Å². The topological polar surface area (TPSA) is 84.4 Å². The zero-order valence-corrected chi connectivity index (χ0v) is 17.8. The molecule has 7 nitrogen and oxygen atoms in total.